The smallest absolute Gasteiger partial charge is 0.122 e. The van der Waals surface area contributed by atoms with Crippen LogP contribution in [0.2, 0.25) is 0 Å². The standard InChI is InChI=1S/C9H13NO2/c1-3-12-8-4-5-10-9(6-8)7(2)11/h4-7,11H,3H2,1-2H3/t7-/m0/s1. The molecule has 0 spiro atoms. The largest absolute Gasteiger partial charge is 0.494 e. The predicted molar refractivity (Wildman–Crippen MR) is 46.0 cm³/mol. The monoisotopic (exact) mass is 167 g/mol. The van der Waals surface area contributed by atoms with Crippen LogP contribution >= 0.6 is 0 Å². The SMILES string of the molecule is CCOc1ccnc([C@H](C)O)c1. The second kappa shape index (κ2) is 4.07. The van der Waals surface area contributed by atoms with E-state index >= 15 is 0 Å². The number of ether oxygens (including phenoxy) is 1. The molecular formula is C9H13NO2. The van der Waals surface area contributed by atoms with Crippen molar-refractivity contribution in [2.45, 2.75) is 20.0 Å². The van der Waals surface area contributed by atoms with Crippen molar-refractivity contribution in [3.05, 3.63) is 24.0 Å². The number of hydrogen-bond acceptors (Lipinski definition) is 3. The number of rotatable bonds is 3. The number of pyridine rings is 1. The van der Waals surface area contributed by atoms with Gasteiger partial charge in [0.25, 0.3) is 0 Å². The van der Waals surface area contributed by atoms with E-state index in [1.807, 2.05) is 6.92 Å². The molecule has 0 amide bonds. The minimum absolute atomic E-state index is 0.537. The molecule has 3 heteroatoms. The average molecular weight is 167 g/mol. The highest BCUT2D eigenvalue weighted by molar-refractivity contribution is 5.23. The third-order valence-corrected chi connectivity index (χ3v) is 1.49. The molecule has 0 aliphatic carbocycles. The fourth-order valence-electron chi connectivity index (χ4n) is 0.913. The summed E-state index contributed by atoms with van der Waals surface area (Å²) in [6.07, 6.45) is 1.10. The maximum absolute atomic E-state index is 9.20. The van der Waals surface area contributed by atoms with Crippen LogP contribution in [0.15, 0.2) is 18.3 Å². The number of aliphatic hydroxyl groups is 1. The van der Waals surface area contributed by atoms with Crippen LogP contribution in [0.4, 0.5) is 0 Å². The van der Waals surface area contributed by atoms with Gasteiger partial charge in [-0.15, -0.1) is 0 Å². The first-order valence-electron chi connectivity index (χ1n) is 4.01. The quantitative estimate of drug-likeness (QED) is 0.742. The molecule has 0 saturated carbocycles. The molecule has 66 valence electrons. The molecule has 0 radical (unpaired) electrons. The highest BCUT2D eigenvalue weighted by Gasteiger charge is 2.02. The van der Waals surface area contributed by atoms with Crippen LogP contribution in [-0.2, 0) is 0 Å². The third kappa shape index (κ3) is 2.20. The first-order chi connectivity index (χ1) is 5.74. The Labute approximate surface area is 72.0 Å². The molecule has 0 aliphatic rings. The van der Waals surface area contributed by atoms with Gasteiger partial charge in [-0.3, -0.25) is 4.98 Å². The molecule has 0 fully saturated rings. The summed E-state index contributed by atoms with van der Waals surface area (Å²) in [6, 6.07) is 3.52. The van der Waals surface area contributed by atoms with Crippen molar-refractivity contribution in [3.8, 4) is 5.75 Å². The van der Waals surface area contributed by atoms with Gasteiger partial charge < -0.3 is 9.84 Å². The lowest BCUT2D eigenvalue weighted by Crippen LogP contribution is -1.97. The van der Waals surface area contributed by atoms with Gasteiger partial charge in [-0.05, 0) is 19.9 Å². The van der Waals surface area contributed by atoms with Crippen molar-refractivity contribution in [2.75, 3.05) is 6.61 Å². The molecule has 0 saturated heterocycles. The first kappa shape index (κ1) is 9.00. The average Bonchev–Trinajstić information content (AvgIpc) is 2.05. The van der Waals surface area contributed by atoms with Gasteiger partial charge in [0.1, 0.15) is 5.75 Å². The summed E-state index contributed by atoms with van der Waals surface area (Å²) in [7, 11) is 0. The van der Waals surface area contributed by atoms with Crippen molar-refractivity contribution in [1.29, 1.82) is 0 Å². The Bertz CT molecular complexity index is 248. The zero-order chi connectivity index (χ0) is 8.97. The van der Waals surface area contributed by atoms with Crippen LogP contribution in [0.5, 0.6) is 5.75 Å². The molecule has 0 aromatic carbocycles. The van der Waals surface area contributed by atoms with Crippen molar-refractivity contribution in [2.24, 2.45) is 0 Å². The Balaban J connectivity index is 2.81. The summed E-state index contributed by atoms with van der Waals surface area (Å²) in [5.74, 6) is 0.753. The minimum atomic E-state index is -0.537. The number of aliphatic hydroxyl groups excluding tert-OH is 1. The van der Waals surface area contributed by atoms with Gasteiger partial charge >= 0.3 is 0 Å². The highest BCUT2D eigenvalue weighted by Crippen LogP contribution is 2.15. The van der Waals surface area contributed by atoms with Crippen LogP contribution < -0.4 is 4.74 Å². The van der Waals surface area contributed by atoms with Crippen LogP contribution in [-0.4, -0.2) is 16.7 Å². The predicted octanol–water partition coefficient (Wildman–Crippen LogP) is 1.53. The molecule has 1 rings (SSSR count). The molecule has 0 bridgehead atoms. The lowest BCUT2D eigenvalue weighted by Gasteiger charge is -2.06. The van der Waals surface area contributed by atoms with Gasteiger partial charge in [0.15, 0.2) is 0 Å². The summed E-state index contributed by atoms with van der Waals surface area (Å²) in [4.78, 5) is 3.99. The summed E-state index contributed by atoms with van der Waals surface area (Å²) in [5, 5.41) is 9.20. The van der Waals surface area contributed by atoms with Crippen molar-refractivity contribution >= 4 is 0 Å². The van der Waals surface area contributed by atoms with E-state index < -0.39 is 6.10 Å². The molecule has 1 aromatic heterocycles. The van der Waals surface area contributed by atoms with E-state index in [0.717, 1.165) is 5.75 Å². The molecule has 1 atom stereocenters. The summed E-state index contributed by atoms with van der Waals surface area (Å²) >= 11 is 0. The van der Waals surface area contributed by atoms with E-state index in [1.54, 1.807) is 25.3 Å². The Morgan fingerprint density at radius 2 is 2.42 bits per heavy atom. The fourth-order valence-corrected chi connectivity index (χ4v) is 0.913. The van der Waals surface area contributed by atoms with E-state index in [1.165, 1.54) is 0 Å². The number of nitrogens with zero attached hydrogens (tertiary/aromatic N) is 1. The third-order valence-electron chi connectivity index (χ3n) is 1.49. The molecule has 0 unspecified atom stereocenters. The van der Waals surface area contributed by atoms with Gasteiger partial charge in [0.05, 0.1) is 18.4 Å². The van der Waals surface area contributed by atoms with Crippen molar-refractivity contribution < 1.29 is 9.84 Å². The maximum Gasteiger partial charge on any atom is 0.122 e. The van der Waals surface area contributed by atoms with Gasteiger partial charge in [0.2, 0.25) is 0 Å². The Morgan fingerprint density at radius 3 is 3.00 bits per heavy atom. The summed E-state index contributed by atoms with van der Waals surface area (Å²) in [6.45, 7) is 4.23. The normalized spacial score (nSPS) is 12.6. The van der Waals surface area contributed by atoms with Crippen LogP contribution in [0.3, 0.4) is 0 Å². The van der Waals surface area contributed by atoms with Crippen molar-refractivity contribution in [3.63, 3.8) is 0 Å². The fraction of sp³-hybridized carbons (Fsp3) is 0.444. The Morgan fingerprint density at radius 1 is 1.67 bits per heavy atom. The summed E-state index contributed by atoms with van der Waals surface area (Å²) < 4.78 is 5.25. The lowest BCUT2D eigenvalue weighted by atomic mass is 10.2. The topological polar surface area (TPSA) is 42.4 Å². The van der Waals surface area contributed by atoms with E-state index in [0.29, 0.717) is 12.3 Å². The Kier molecular flexibility index (Phi) is 3.05. The van der Waals surface area contributed by atoms with Gasteiger partial charge in [-0.1, -0.05) is 0 Å². The van der Waals surface area contributed by atoms with E-state index in [2.05, 4.69) is 4.98 Å². The maximum atomic E-state index is 9.20. The molecule has 12 heavy (non-hydrogen) atoms. The molecule has 1 aromatic rings. The summed E-state index contributed by atoms with van der Waals surface area (Å²) in [5.41, 5.74) is 0.640. The van der Waals surface area contributed by atoms with Crippen LogP contribution in [0.1, 0.15) is 25.6 Å². The molecule has 0 aliphatic heterocycles. The van der Waals surface area contributed by atoms with Crippen LogP contribution in [0, 0.1) is 0 Å². The first-order valence-corrected chi connectivity index (χ1v) is 4.01. The van der Waals surface area contributed by atoms with Crippen molar-refractivity contribution in [1.82, 2.24) is 4.98 Å². The van der Waals surface area contributed by atoms with Crippen LogP contribution in [0.25, 0.3) is 0 Å². The Hall–Kier alpha value is -1.09. The molecule has 1 N–H and O–H groups in total. The number of aromatic nitrogens is 1. The van der Waals surface area contributed by atoms with Gasteiger partial charge in [-0.2, -0.15) is 0 Å². The van der Waals surface area contributed by atoms with Gasteiger partial charge in [-0.25, -0.2) is 0 Å². The zero-order valence-corrected chi connectivity index (χ0v) is 7.32. The lowest BCUT2D eigenvalue weighted by molar-refractivity contribution is 0.193. The van der Waals surface area contributed by atoms with Gasteiger partial charge in [0, 0.05) is 12.3 Å². The zero-order valence-electron chi connectivity index (χ0n) is 7.32. The molecular weight excluding hydrogens is 154 g/mol. The highest BCUT2D eigenvalue weighted by atomic mass is 16.5. The molecule has 1 heterocycles. The van der Waals surface area contributed by atoms with E-state index in [-0.39, 0.29) is 0 Å². The molecule has 3 nitrogen and oxygen atoms in total. The van der Waals surface area contributed by atoms with E-state index in [9.17, 15) is 5.11 Å². The minimum Gasteiger partial charge on any atom is -0.494 e. The second-order valence-corrected chi connectivity index (χ2v) is 2.53. The second-order valence-electron chi connectivity index (χ2n) is 2.53. The number of hydrogen-bond donors (Lipinski definition) is 1. The van der Waals surface area contributed by atoms with E-state index in [4.69, 9.17) is 4.74 Å².